The molecule has 2 aromatic heterocycles. The van der Waals surface area contributed by atoms with E-state index in [2.05, 4.69) is 0 Å². The van der Waals surface area contributed by atoms with Crippen molar-refractivity contribution in [2.24, 2.45) is 0 Å². The lowest BCUT2D eigenvalue weighted by Gasteiger charge is -2.31. The molecule has 2 aliphatic heterocycles. The fourth-order valence-corrected chi connectivity index (χ4v) is 13.2. The first kappa shape index (κ1) is 45.2. The van der Waals surface area contributed by atoms with Crippen molar-refractivity contribution >= 4 is 99.0 Å². The summed E-state index contributed by atoms with van der Waals surface area (Å²) in [6, 6.07) is 15.6. The molecule has 14 nitrogen and oxygen atoms in total. The Morgan fingerprint density at radius 2 is 1.14 bits per heavy atom. The molecule has 0 aliphatic carbocycles. The van der Waals surface area contributed by atoms with Gasteiger partial charge in [-0.1, -0.05) is 66.0 Å². The van der Waals surface area contributed by atoms with Crippen molar-refractivity contribution in [2.45, 2.75) is 63.2 Å². The maximum atomic E-state index is 11.8. The van der Waals surface area contributed by atoms with Crippen LogP contribution in [0.25, 0.3) is 20.2 Å². The van der Waals surface area contributed by atoms with Gasteiger partial charge in [-0.2, -0.15) is 38.2 Å². The second kappa shape index (κ2) is 17.2. The molecular weight excluding hydrogens is 881 g/mol. The number of nitrogens with zero attached hydrogens (tertiary/aromatic N) is 2. The van der Waals surface area contributed by atoms with E-state index in [1.54, 1.807) is 18.2 Å². The first-order valence-electron chi connectivity index (χ1n) is 18.8. The number of fused-ring (bicyclic) bond motifs is 6. The van der Waals surface area contributed by atoms with Gasteiger partial charge in [0.25, 0.3) is 45.5 Å². The van der Waals surface area contributed by atoms with E-state index in [0.29, 0.717) is 12.8 Å². The lowest BCUT2D eigenvalue weighted by atomic mass is 9.75. The zero-order valence-corrected chi connectivity index (χ0v) is 37.3. The summed E-state index contributed by atoms with van der Waals surface area (Å²) in [7, 11) is -17.0. The number of anilines is 1. The third kappa shape index (κ3) is 10.4. The van der Waals surface area contributed by atoms with Gasteiger partial charge in [-0.25, -0.2) is 0 Å². The molecule has 59 heavy (non-hydrogen) atoms. The van der Waals surface area contributed by atoms with Crippen LogP contribution in [-0.4, -0.2) is 98.3 Å². The van der Waals surface area contributed by atoms with Gasteiger partial charge in [0.05, 0.1) is 34.0 Å². The Bertz CT molecular complexity index is 2840. The number of rotatable bonds is 19. The summed E-state index contributed by atoms with van der Waals surface area (Å²) >= 11 is 3.04. The number of hydrogen-bond donors (Lipinski definition) is 4. The van der Waals surface area contributed by atoms with Gasteiger partial charge in [0.2, 0.25) is 0 Å². The summed E-state index contributed by atoms with van der Waals surface area (Å²) in [5.41, 5.74) is 1.91. The van der Waals surface area contributed by atoms with Gasteiger partial charge in [0.1, 0.15) is 5.00 Å². The lowest BCUT2D eigenvalue weighted by Crippen LogP contribution is -2.32. The molecule has 20 heteroatoms. The summed E-state index contributed by atoms with van der Waals surface area (Å²) in [6.07, 6.45) is 10.3. The second-order valence-electron chi connectivity index (χ2n) is 15.3. The van der Waals surface area contributed by atoms with E-state index in [1.807, 2.05) is 84.0 Å². The minimum absolute atomic E-state index is 0.106. The molecule has 0 bridgehead atoms. The van der Waals surface area contributed by atoms with Crippen LogP contribution in [0.15, 0.2) is 84.6 Å². The highest BCUT2D eigenvalue weighted by Crippen LogP contribution is 2.57. The van der Waals surface area contributed by atoms with E-state index in [-0.39, 0.29) is 38.8 Å². The minimum Gasteiger partial charge on any atom is -0.336 e. The van der Waals surface area contributed by atoms with Crippen molar-refractivity contribution < 1.29 is 56.5 Å². The Labute approximate surface area is 353 Å². The Hall–Kier alpha value is -3.31. The van der Waals surface area contributed by atoms with Crippen molar-refractivity contribution in [3.63, 3.8) is 0 Å². The number of benzene rings is 2. The monoisotopic (exact) mass is 927 g/mol. The molecular formula is C39H47N2O12S6+. The van der Waals surface area contributed by atoms with Gasteiger partial charge in [-0.3, -0.25) is 18.2 Å². The topological polar surface area (TPSA) is 224 Å². The van der Waals surface area contributed by atoms with Crippen molar-refractivity contribution in [3.8, 4) is 0 Å². The second-order valence-corrected chi connectivity index (χ2v) is 23.6. The zero-order valence-electron chi connectivity index (χ0n) is 32.4. The molecule has 4 aromatic rings. The van der Waals surface area contributed by atoms with Crippen molar-refractivity contribution in [1.29, 1.82) is 0 Å². The third-order valence-electron chi connectivity index (χ3n) is 10.9. The van der Waals surface area contributed by atoms with E-state index in [9.17, 15) is 51.9 Å². The molecule has 0 fully saturated rings. The van der Waals surface area contributed by atoms with Crippen LogP contribution in [0.2, 0.25) is 0 Å². The molecule has 320 valence electrons. The van der Waals surface area contributed by atoms with Gasteiger partial charge in [0, 0.05) is 50.5 Å². The van der Waals surface area contributed by atoms with E-state index < -0.39 is 74.3 Å². The normalized spacial score (nSPS) is 21.0. The van der Waals surface area contributed by atoms with Crippen LogP contribution in [0.3, 0.4) is 0 Å². The third-order valence-corrected chi connectivity index (χ3v) is 16.5. The van der Waals surface area contributed by atoms with Gasteiger partial charge >= 0.3 is 0 Å². The molecule has 0 saturated heterocycles. The highest BCUT2D eigenvalue weighted by molar-refractivity contribution is 7.86. The largest absolute Gasteiger partial charge is 0.336 e. The van der Waals surface area contributed by atoms with Crippen LogP contribution < -0.4 is 4.90 Å². The standard InChI is InChI=1S/C39H46N2O12S6/c1-38(20-10-24-56(42,43)44)32(40(22-12-26-58(48,49)50)36-34(38)28-14-6-8-16-30(28)54-36)18-4-3-5-19-33-39(2,21-11-25-57(45,46)47)35-29-15-7-9-17-31(29)55-37(35)41(33)23-13-27-59(51,52)53/h3-9,14-19H,10-13,20-27H2,1-2H3,(H3-,42,43,44,45,46,47,48,49,50,51,52,53)/p+1. The van der Waals surface area contributed by atoms with Crippen LogP contribution in [0, 0.1) is 0 Å². The summed E-state index contributed by atoms with van der Waals surface area (Å²) in [6.45, 7) is 4.45. The van der Waals surface area contributed by atoms with Gasteiger partial charge in [-0.05, 0) is 69.5 Å². The summed E-state index contributed by atoms with van der Waals surface area (Å²) in [5.74, 6) is -1.81. The molecule has 4 heterocycles. The number of hydrogen-bond acceptors (Lipinski definition) is 11. The smallest absolute Gasteiger partial charge is 0.267 e. The SMILES string of the molecule is CC1(CCCS(=O)(=O)O)C(/C=C/C=C/C=C2\N(CCCS(=O)(=O)O)c3sc4ccccc4c3C2(C)CCCS(=O)(=O)O)=[N+](CCCS(=O)(=O)O)c2sc3ccccc3c21. The first-order chi connectivity index (χ1) is 27.5. The zero-order chi connectivity index (χ0) is 43.0. The molecule has 0 saturated carbocycles. The highest BCUT2D eigenvalue weighted by Gasteiger charge is 2.50. The van der Waals surface area contributed by atoms with Crippen LogP contribution >= 0.6 is 22.7 Å². The van der Waals surface area contributed by atoms with E-state index in [4.69, 9.17) is 0 Å². The van der Waals surface area contributed by atoms with Gasteiger partial charge in [0.15, 0.2) is 12.3 Å². The molecule has 4 N–H and O–H groups in total. The van der Waals surface area contributed by atoms with Crippen molar-refractivity contribution in [3.05, 3.63) is 95.7 Å². The Kier molecular flexibility index (Phi) is 13.2. The van der Waals surface area contributed by atoms with Crippen LogP contribution in [0.4, 0.5) is 10.0 Å². The molecule has 2 atom stereocenters. The average Bonchev–Trinajstić information content (AvgIpc) is 3.80. The lowest BCUT2D eigenvalue weighted by molar-refractivity contribution is -0.433. The molecule has 0 radical (unpaired) electrons. The fraction of sp³-hybridized carbons (Fsp3) is 0.410. The predicted molar refractivity (Wildman–Crippen MR) is 235 cm³/mol. The molecule has 2 unspecified atom stereocenters. The highest BCUT2D eigenvalue weighted by atomic mass is 32.2. The van der Waals surface area contributed by atoms with Crippen LogP contribution in [-0.2, 0) is 51.3 Å². The van der Waals surface area contributed by atoms with E-state index in [1.165, 1.54) is 22.7 Å². The van der Waals surface area contributed by atoms with Crippen molar-refractivity contribution in [1.82, 2.24) is 0 Å². The summed E-state index contributed by atoms with van der Waals surface area (Å²) < 4.78 is 136. The van der Waals surface area contributed by atoms with E-state index >= 15 is 0 Å². The maximum absolute atomic E-state index is 11.8. The fourth-order valence-electron chi connectivity index (χ4n) is 8.46. The average molecular weight is 928 g/mol. The number of allylic oxidation sites excluding steroid dienone is 6. The summed E-state index contributed by atoms with van der Waals surface area (Å²) in [5, 5.41) is 3.67. The Balaban J connectivity index is 1.42. The van der Waals surface area contributed by atoms with Crippen LogP contribution in [0.5, 0.6) is 0 Å². The molecule has 0 spiro atoms. The Morgan fingerprint density at radius 1 is 0.627 bits per heavy atom. The maximum Gasteiger partial charge on any atom is 0.267 e. The minimum atomic E-state index is -4.25. The Morgan fingerprint density at radius 3 is 1.73 bits per heavy atom. The molecule has 2 aliphatic rings. The van der Waals surface area contributed by atoms with Gasteiger partial charge in [-0.15, -0.1) is 11.3 Å². The molecule has 2 aromatic carbocycles. The van der Waals surface area contributed by atoms with Gasteiger partial charge < -0.3 is 4.90 Å². The summed E-state index contributed by atoms with van der Waals surface area (Å²) in [4.78, 5) is 2.00. The predicted octanol–water partition coefficient (Wildman–Crippen LogP) is 7.14. The van der Waals surface area contributed by atoms with Crippen LogP contribution in [0.1, 0.15) is 63.5 Å². The van der Waals surface area contributed by atoms with E-state index in [0.717, 1.165) is 52.7 Å². The number of thiophene rings is 2. The first-order valence-corrected chi connectivity index (χ1v) is 26.9. The quantitative estimate of drug-likeness (QED) is 0.0418. The molecule has 6 rings (SSSR count). The van der Waals surface area contributed by atoms with Crippen molar-refractivity contribution in [2.75, 3.05) is 41.0 Å². The molecule has 0 amide bonds.